The van der Waals surface area contributed by atoms with Gasteiger partial charge in [-0.15, -0.1) is 0 Å². The Hall–Kier alpha value is -1.89. The van der Waals surface area contributed by atoms with Crippen molar-refractivity contribution in [3.05, 3.63) is 61.3 Å². The average Bonchev–Trinajstić information content (AvgIpc) is 2.43. The van der Waals surface area contributed by atoms with E-state index >= 15 is 0 Å². The highest BCUT2D eigenvalue weighted by atomic mass is 35.5. The second-order valence-corrected chi connectivity index (χ2v) is 4.99. The van der Waals surface area contributed by atoms with Gasteiger partial charge in [0.1, 0.15) is 5.02 Å². The zero-order valence-corrected chi connectivity index (χ0v) is 12.4. The van der Waals surface area contributed by atoms with Crippen molar-refractivity contribution in [3.63, 3.8) is 0 Å². The molecule has 1 heterocycles. The molecule has 1 aromatic carbocycles. The molecule has 0 fully saturated rings. The summed E-state index contributed by atoms with van der Waals surface area (Å²) in [5.74, 6) is -0.619. The van der Waals surface area contributed by atoms with Gasteiger partial charge in [0.2, 0.25) is 0 Å². The van der Waals surface area contributed by atoms with Crippen LogP contribution in [0, 0.1) is 10.1 Å². The van der Waals surface area contributed by atoms with Crippen LogP contribution in [-0.2, 0) is 0 Å². The monoisotopic (exact) mass is 345 g/mol. The Balaban J connectivity index is 2.36. The van der Waals surface area contributed by atoms with Crippen LogP contribution in [0.25, 0.3) is 0 Å². The van der Waals surface area contributed by atoms with E-state index < -0.39 is 16.5 Å². The van der Waals surface area contributed by atoms with Gasteiger partial charge in [-0.05, 0) is 18.2 Å². The normalized spacial score (nSPS) is 10.2. The summed E-state index contributed by atoms with van der Waals surface area (Å²) in [7, 11) is 0. The van der Waals surface area contributed by atoms with Crippen LogP contribution in [0.15, 0.2) is 30.5 Å². The van der Waals surface area contributed by atoms with Crippen LogP contribution in [0.5, 0.6) is 0 Å². The number of pyridine rings is 1. The van der Waals surface area contributed by atoms with Crippen molar-refractivity contribution in [2.45, 2.75) is 0 Å². The molecular formula is C12H6Cl3N3O3. The van der Waals surface area contributed by atoms with E-state index in [0.717, 1.165) is 6.07 Å². The van der Waals surface area contributed by atoms with Gasteiger partial charge in [0.05, 0.1) is 15.6 Å². The number of amides is 1. The number of rotatable bonds is 3. The number of anilines is 1. The molecule has 0 aliphatic rings. The number of hydrogen-bond donors (Lipinski definition) is 1. The average molecular weight is 347 g/mol. The molecule has 0 unspecified atom stereocenters. The first kappa shape index (κ1) is 15.5. The largest absolute Gasteiger partial charge is 0.319 e. The van der Waals surface area contributed by atoms with Crippen molar-refractivity contribution < 1.29 is 9.72 Å². The number of carbonyl (C=O) groups is 1. The summed E-state index contributed by atoms with van der Waals surface area (Å²) in [4.78, 5) is 26.0. The first-order valence-electron chi connectivity index (χ1n) is 5.45. The van der Waals surface area contributed by atoms with Gasteiger partial charge in [-0.1, -0.05) is 34.8 Å². The minimum absolute atomic E-state index is 0.0176. The zero-order chi connectivity index (χ0) is 15.6. The van der Waals surface area contributed by atoms with Gasteiger partial charge in [0, 0.05) is 17.8 Å². The number of benzene rings is 1. The maximum atomic E-state index is 12.1. The van der Waals surface area contributed by atoms with E-state index in [0.29, 0.717) is 0 Å². The molecule has 2 aromatic rings. The lowest BCUT2D eigenvalue weighted by atomic mass is 10.2. The molecule has 1 aromatic heterocycles. The summed E-state index contributed by atoms with van der Waals surface area (Å²) in [6.45, 7) is 0. The van der Waals surface area contributed by atoms with Gasteiger partial charge in [-0.3, -0.25) is 14.9 Å². The lowest BCUT2D eigenvalue weighted by molar-refractivity contribution is -0.384. The van der Waals surface area contributed by atoms with Crippen LogP contribution >= 0.6 is 34.8 Å². The number of carbonyl (C=O) groups excluding carboxylic acids is 1. The van der Waals surface area contributed by atoms with E-state index in [1.807, 2.05) is 0 Å². The molecule has 1 amide bonds. The predicted octanol–water partition coefficient (Wildman–Crippen LogP) is 4.20. The molecule has 0 saturated carbocycles. The van der Waals surface area contributed by atoms with Crippen molar-refractivity contribution in [2.75, 3.05) is 5.32 Å². The number of nitrogens with one attached hydrogen (secondary N) is 1. The SMILES string of the molecule is O=C(Nc1cccnc1Cl)c1cc(Cl)c(Cl)c([N+](=O)[O-])c1. The Morgan fingerprint density at radius 2 is 2.00 bits per heavy atom. The summed E-state index contributed by atoms with van der Waals surface area (Å²) < 4.78 is 0. The zero-order valence-electron chi connectivity index (χ0n) is 10.1. The maximum Gasteiger partial charge on any atom is 0.290 e. The number of nitrogens with zero attached hydrogens (tertiary/aromatic N) is 2. The molecule has 0 saturated heterocycles. The van der Waals surface area contributed by atoms with Gasteiger partial charge < -0.3 is 5.32 Å². The van der Waals surface area contributed by atoms with Crippen LogP contribution in [0.2, 0.25) is 15.2 Å². The third-order valence-corrected chi connectivity index (χ3v) is 3.57. The van der Waals surface area contributed by atoms with Crippen LogP contribution in [0.3, 0.4) is 0 Å². The quantitative estimate of drug-likeness (QED) is 0.512. The Morgan fingerprint density at radius 3 is 2.62 bits per heavy atom. The summed E-state index contributed by atoms with van der Waals surface area (Å²) in [5.41, 5.74) is -0.194. The maximum absolute atomic E-state index is 12.1. The number of halogens is 3. The Labute approximate surface area is 133 Å². The van der Waals surface area contributed by atoms with Crippen molar-refractivity contribution in [1.29, 1.82) is 0 Å². The number of nitro benzene ring substituents is 1. The number of aromatic nitrogens is 1. The molecule has 1 N–H and O–H groups in total. The second kappa shape index (κ2) is 6.26. The number of nitro groups is 1. The van der Waals surface area contributed by atoms with Crippen molar-refractivity contribution >= 4 is 52.1 Å². The highest BCUT2D eigenvalue weighted by Gasteiger charge is 2.20. The lowest BCUT2D eigenvalue weighted by Crippen LogP contribution is -2.13. The van der Waals surface area contributed by atoms with Crippen LogP contribution in [-0.4, -0.2) is 15.8 Å². The molecule has 21 heavy (non-hydrogen) atoms. The topological polar surface area (TPSA) is 85.1 Å². The first-order chi connectivity index (χ1) is 9.90. The van der Waals surface area contributed by atoms with E-state index in [-0.39, 0.29) is 26.4 Å². The van der Waals surface area contributed by atoms with E-state index in [9.17, 15) is 14.9 Å². The van der Waals surface area contributed by atoms with Crippen molar-refractivity contribution in [2.24, 2.45) is 0 Å². The fraction of sp³-hybridized carbons (Fsp3) is 0. The Kier molecular flexibility index (Phi) is 4.62. The molecule has 0 aliphatic heterocycles. The fourth-order valence-corrected chi connectivity index (χ4v) is 2.07. The lowest BCUT2D eigenvalue weighted by Gasteiger charge is -2.07. The summed E-state index contributed by atoms with van der Waals surface area (Å²) in [6.07, 6.45) is 1.46. The minimum atomic E-state index is -0.720. The Bertz CT molecular complexity index is 737. The summed E-state index contributed by atoms with van der Waals surface area (Å²) >= 11 is 17.3. The van der Waals surface area contributed by atoms with Gasteiger partial charge in [-0.25, -0.2) is 4.98 Å². The van der Waals surface area contributed by atoms with Crippen molar-refractivity contribution in [3.8, 4) is 0 Å². The molecule has 0 radical (unpaired) electrons. The van der Waals surface area contributed by atoms with Crippen LogP contribution in [0.1, 0.15) is 10.4 Å². The minimum Gasteiger partial charge on any atom is -0.319 e. The number of hydrogen-bond acceptors (Lipinski definition) is 4. The standard InChI is InChI=1S/C12H6Cl3N3O3/c13-7-4-6(5-9(10(7)14)18(20)21)12(19)17-8-2-1-3-16-11(8)15/h1-5H,(H,17,19). The van der Waals surface area contributed by atoms with E-state index in [4.69, 9.17) is 34.8 Å². The van der Waals surface area contributed by atoms with Crippen LogP contribution in [0.4, 0.5) is 11.4 Å². The Morgan fingerprint density at radius 1 is 1.29 bits per heavy atom. The van der Waals surface area contributed by atoms with Crippen molar-refractivity contribution in [1.82, 2.24) is 4.98 Å². The molecular weight excluding hydrogens is 341 g/mol. The smallest absolute Gasteiger partial charge is 0.290 e. The summed E-state index contributed by atoms with van der Waals surface area (Å²) in [6, 6.07) is 5.39. The van der Waals surface area contributed by atoms with E-state index in [1.165, 1.54) is 12.3 Å². The van der Waals surface area contributed by atoms with E-state index in [1.54, 1.807) is 12.1 Å². The van der Waals surface area contributed by atoms with Gasteiger partial charge >= 0.3 is 0 Å². The van der Waals surface area contributed by atoms with Gasteiger partial charge in [-0.2, -0.15) is 0 Å². The molecule has 0 spiro atoms. The third-order valence-electron chi connectivity index (χ3n) is 2.48. The highest BCUT2D eigenvalue weighted by molar-refractivity contribution is 6.43. The second-order valence-electron chi connectivity index (χ2n) is 3.84. The molecule has 6 nitrogen and oxygen atoms in total. The molecule has 0 aliphatic carbocycles. The van der Waals surface area contributed by atoms with Gasteiger partial charge in [0.15, 0.2) is 5.15 Å². The first-order valence-corrected chi connectivity index (χ1v) is 6.59. The predicted molar refractivity (Wildman–Crippen MR) is 80.3 cm³/mol. The fourth-order valence-electron chi connectivity index (χ4n) is 1.51. The highest BCUT2D eigenvalue weighted by Crippen LogP contribution is 2.33. The molecule has 0 atom stereocenters. The van der Waals surface area contributed by atoms with Crippen LogP contribution < -0.4 is 5.32 Å². The molecule has 0 bridgehead atoms. The summed E-state index contributed by atoms with van der Waals surface area (Å²) in [5, 5.41) is 13.1. The third kappa shape index (κ3) is 3.41. The molecule has 2 rings (SSSR count). The van der Waals surface area contributed by atoms with Gasteiger partial charge in [0.25, 0.3) is 11.6 Å². The molecule has 108 valence electrons. The van der Waals surface area contributed by atoms with E-state index in [2.05, 4.69) is 10.3 Å². The molecule has 9 heteroatoms.